The van der Waals surface area contributed by atoms with Crippen LogP contribution in [0.1, 0.15) is 89.5 Å². The Labute approximate surface area is 157 Å². The number of nitrogens with zero attached hydrogens (tertiary/aromatic N) is 1. The first-order chi connectivity index (χ1) is 12.5. The van der Waals surface area contributed by atoms with Crippen LogP contribution in [-0.2, 0) is 4.79 Å². The number of unbranched alkanes of at least 4 members (excludes halogenated alkanes) is 10. The van der Waals surface area contributed by atoms with E-state index in [2.05, 4.69) is 12.2 Å². The minimum absolute atomic E-state index is 0.000550. The van der Waals surface area contributed by atoms with Gasteiger partial charge in [0.15, 0.2) is 0 Å². The van der Waals surface area contributed by atoms with E-state index in [0.717, 1.165) is 18.4 Å². The van der Waals surface area contributed by atoms with E-state index < -0.39 is 4.92 Å². The van der Waals surface area contributed by atoms with Crippen LogP contribution in [0.5, 0.6) is 0 Å². The second-order valence-corrected chi connectivity index (χ2v) is 7.09. The quantitative estimate of drug-likeness (QED) is 0.232. The van der Waals surface area contributed by atoms with Gasteiger partial charge in [-0.1, -0.05) is 77.2 Å². The van der Waals surface area contributed by atoms with Gasteiger partial charge in [0.1, 0.15) is 0 Å². The number of nitrogens with one attached hydrogen (secondary N) is 1. The summed E-state index contributed by atoms with van der Waals surface area (Å²) in [5.74, 6) is -0.0653. The summed E-state index contributed by atoms with van der Waals surface area (Å²) in [6.07, 6.45) is 14.2. The number of nitro groups is 1. The van der Waals surface area contributed by atoms with Crippen molar-refractivity contribution in [1.29, 1.82) is 0 Å². The number of carbonyl (C=O) groups excluding carboxylic acids is 1. The summed E-state index contributed by atoms with van der Waals surface area (Å²) in [4.78, 5) is 22.4. The van der Waals surface area contributed by atoms with Gasteiger partial charge in [-0.25, -0.2) is 0 Å². The fourth-order valence-corrected chi connectivity index (χ4v) is 3.02. The normalized spacial score (nSPS) is 10.7. The number of benzene rings is 1. The largest absolute Gasteiger partial charge is 0.326 e. The monoisotopic (exact) mass is 362 g/mol. The van der Waals surface area contributed by atoms with Gasteiger partial charge in [-0.3, -0.25) is 14.9 Å². The lowest BCUT2D eigenvalue weighted by Gasteiger charge is -2.08. The molecule has 0 spiro atoms. The van der Waals surface area contributed by atoms with Crippen molar-refractivity contribution < 1.29 is 9.72 Å². The van der Waals surface area contributed by atoms with Crippen molar-refractivity contribution in [3.05, 3.63) is 33.9 Å². The maximum Gasteiger partial charge on any atom is 0.271 e. The van der Waals surface area contributed by atoms with Crippen molar-refractivity contribution in [3.8, 4) is 0 Å². The molecule has 146 valence electrons. The Kier molecular flexibility index (Phi) is 11.3. The highest BCUT2D eigenvalue weighted by Crippen LogP contribution is 2.22. The number of carbonyl (C=O) groups is 1. The highest BCUT2D eigenvalue weighted by Gasteiger charge is 2.10. The highest BCUT2D eigenvalue weighted by atomic mass is 16.6. The number of amides is 1. The van der Waals surface area contributed by atoms with E-state index >= 15 is 0 Å². The molecule has 0 aromatic heterocycles. The molecule has 1 N–H and O–H groups in total. The molecule has 0 aliphatic carbocycles. The van der Waals surface area contributed by atoms with Gasteiger partial charge in [0.05, 0.1) is 10.6 Å². The molecule has 0 aliphatic rings. The molecule has 0 aliphatic heterocycles. The molecule has 0 fully saturated rings. The zero-order chi connectivity index (χ0) is 19.2. The van der Waals surface area contributed by atoms with Crippen LogP contribution in [0.3, 0.4) is 0 Å². The van der Waals surface area contributed by atoms with Gasteiger partial charge in [0.2, 0.25) is 5.91 Å². The average molecular weight is 363 g/mol. The smallest absolute Gasteiger partial charge is 0.271 e. The second-order valence-electron chi connectivity index (χ2n) is 7.09. The number of rotatable bonds is 14. The Hall–Kier alpha value is -1.91. The molecule has 0 saturated carbocycles. The topological polar surface area (TPSA) is 72.2 Å². The van der Waals surface area contributed by atoms with Gasteiger partial charge in [-0.2, -0.15) is 0 Å². The van der Waals surface area contributed by atoms with E-state index in [9.17, 15) is 14.9 Å². The summed E-state index contributed by atoms with van der Waals surface area (Å²) in [6.45, 7) is 4.08. The first-order valence-electron chi connectivity index (χ1n) is 10.1. The van der Waals surface area contributed by atoms with Crippen molar-refractivity contribution in [2.45, 2.75) is 90.9 Å². The summed E-state index contributed by atoms with van der Waals surface area (Å²) in [7, 11) is 0. The molecule has 1 amide bonds. The maximum atomic E-state index is 12.0. The Morgan fingerprint density at radius 2 is 1.50 bits per heavy atom. The minimum atomic E-state index is -0.446. The molecule has 1 aromatic carbocycles. The Morgan fingerprint density at radius 1 is 0.962 bits per heavy atom. The first-order valence-corrected chi connectivity index (χ1v) is 10.1. The molecule has 5 heteroatoms. The van der Waals surface area contributed by atoms with Gasteiger partial charge >= 0.3 is 0 Å². The molecule has 0 saturated heterocycles. The van der Waals surface area contributed by atoms with E-state index in [1.807, 2.05) is 6.92 Å². The maximum absolute atomic E-state index is 12.0. The Bertz CT molecular complexity index is 558. The Morgan fingerprint density at radius 3 is 2.04 bits per heavy atom. The van der Waals surface area contributed by atoms with E-state index in [-0.39, 0.29) is 11.6 Å². The van der Waals surface area contributed by atoms with Crippen LogP contribution < -0.4 is 5.32 Å². The first kappa shape index (κ1) is 22.1. The van der Waals surface area contributed by atoms with Crippen molar-refractivity contribution in [2.75, 3.05) is 5.32 Å². The van der Waals surface area contributed by atoms with Crippen LogP contribution in [-0.4, -0.2) is 10.8 Å². The molecule has 0 bridgehead atoms. The summed E-state index contributed by atoms with van der Waals surface area (Å²) < 4.78 is 0. The summed E-state index contributed by atoms with van der Waals surface area (Å²) in [5, 5.41) is 13.6. The third kappa shape index (κ3) is 9.54. The third-order valence-electron chi connectivity index (χ3n) is 4.71. The zero-order valence-corrected chi connectivity index (χ0v) is 16.4. The summed E-state index contributed by atoms with van der Waals surface area (Å²) in [5.41, 5.74) is 1.37. The van der Waals surface area contributed by atoms with E-state index in [1.54, 1.807) is 6.07 Å². The van der Waals surface area contributed by atoms with Crippen LogP contribution in [0.15, 0.2) is 18.2 Å². The predicted molar refractivity (Wildman–Crippen MR) is 108 cm³/mol. The molecule has 0 radical (unpaired) electrons. The van der Waals surface area contributed by atoms with Crippen molar-refractivity contribution in [1.82, 2.24) is 0 Å². The van der Waals surface area contributed by atoms with E-state index in [1.165, 1.54) is 69.9 Å². The minimum Gasteiger partial charge on any atom is -0.326 e. The fourth-order valence-electron chi connectivity index (χ4n) is 3.02. The number of hydrogen-bond donors (Lipinski definition) is 1. The molecule has 1 aromatic rings. The van der Waals surface area contributed by atoms with Crippen LogP contribution in [0.4, 0.5) is 11.4 Å². The Balaban J connectivity index is 2.10. The molecule has 26 heavy (non-hydrogen) atoms. The van der Waals surface area contributed by atoms with Gasteiger partial charge in [0.25, 0.3) is 5.69 Å². The predicted octanol–water partition coefficient (Wildman–Crippen LogP) is 6.54. The van der Waals surface area contributed by atoms with Crippen molar-refractivity contribution in [3.63, 3.8) is 0 Å². The molecular formula is C21H34N2O3. The molecule has 0 unspecified atom stereocenters. The second kappa shape index (κ2) is 13.3. The molecule has 0 atom stereocenters. The average Bonchev–Trinajstić information content (AvgIpc) is 2.61. The van der Waals surface area contributed by atoms with Gasteiger partial charge in [-0.15, -0.1) is 0 Å². The lowest BCUT2D eigenvalue weighted by atomic mass is 10.1. The lowest BCUT2D eigenvalue weighted by molar-refractivity contribution is -0.384. The molecule has 0 heterocycles. The van der Waals surface area contributed by atoms with Crippen LogP contribution in [0, 0.1) is 17.0 Å². The number of nitro benzene ring substituents is 1. The van der Waals surface area contributed by atoms with Crippen LogP contribution in [0.2, 0.25) is 0 Å². The lowest BCUT2D eigenvalue weighted by Crippen LogP contribution is -2.12. The van der Waals surface area contributed by atoms with Crippen molar-refractivity contribution in [2.24, 2.45) is 0 Å². The van der Waals surface area contributed by atoms with Gasteiger partial charge < -0.3 is 5.32 Å². The fraction of sp³-hybridized carbons (Fsp3) is 0.667. The summed E-state index contributed by atoms with van der Waals surface area (Å²) >= 11 is 0. The van der Waals surface area contributed by atoms with Crippen LogP contribution in [0.25, 0.3) is 0 Å². The molecular weight excluding hydrogens is 328 g/mol. The molecule has 1 rings (SSSR count). The van der Waals surface area contributed by atoms with Crippen molar-refractivity contribution >= 4 is 17.3 Å². The van der Waals surface area contributed by atoms with Gasteiger partial charge in [0, 0.05) is 18.6 Å². The van der Waals surface area contributed by atoms with Crippen LogP contribution >= 0.6 is 0 Å². The summed E-state index contributed by atoms with van der Waals surface area (Å²) in [6, 6.07) is 4.54. The number of aryl methyl sites for hydroxylation is 1. The number of anilines is 1. The SMILES string of the molecule is CCCCCCCCCCCCCC(=O)Nc1cc([N+](=O)[O-])ccc1C. The standard InChI is InChI=1S/C21H34N2O3/c1-3-4-5-6-7-8-9-10-11-12-13-14-21(24)22-20-17-19(23(25)26)16-15-18(20)2/h15-17H,3-14H2,1-2H3,(H,22,24). The number of hydrogen-bond acceptors (Lipinski definition) is 3. The van der Waals surface area contributed by atoms with E-state index in [4.69, 9.17) is 0 Å². The number of non-ortho nitro benzene ring substituents is 1. The third-order valence-corrected chi connectivity index (χ3v) is 4.71. The van der Waals surface area contributed by atoms with E-state index in [0.29, 0.717) is 12.1 Å². The zero-order valence-electron chi connectivity index (χ0n) is 16.4. The molecule has 5 nitrogen and oxygen atoms in total. The highest BCUT2D eigenvalue weighted by molar-refractivity contribution is 5.91. The van der Waals surface area contributed by atoms with Gasteiger partial charge in [-0.05, 0) is 18.9 Å².